The number of carboxylic acid groups (broad SMARTS) is 1. The van der Waals surface area contributed by atoms with Crippen LogP contribution in [0.15, 0.2) is 22.7 Å². The molecule has 1 saturated heterocycles. The normalized spacial score (nSPS) is 20.4. The van der Waals surface area contributed by atoms with Gasteiger partial charge in [0.25, 0.3) is 0 Å². The van der Waals surface area contributed by atoms with E-state index >= 15 is 0 Å². The molecule has 1 heterocycles. The quantitative estimate of drug-likeness (QED) is 0.911. The minimum atomic E-state index is -0.897. The Hall–Kier alpha value is -1.07. The fraction of sp³-hybridized carbons (Fsp3) is 0.417. The summed E-state index contributed by atoms with van der Waals surface area (Å²) < 4.78 is 6.35. The molecule has 0 aromatic heterocycles. The summed E-state index contributed by atoms with van der Waals surface area (Å²) in [6, 6.07) is 5.22. The highest BCUT2D eigenvalue weighted by atomic mass is 79.9. The molecule has 1 unspecified atom stereocenters. The maximum atomic E-state index is 11.2. The zero-order valence-electron chi connectivity index (χ0n) is 9.52. The van der Waals surface area contributed by atoms with Crippen molar-refractivity contribution in [2.75, 3.05) is 24.6 Å². The van der Waals surface area contributed by atoms with Crippen LogP contribution in [0.5, 0.6) is 0 Å². The highest BCUT2D eigenvalue weighted by Crippen LogP contribution is 2.26. The highest BCUT2D eigenvalue weighted by molar-refractivity contribution is 9.10. The molecular weight excluding hydrogens is 286 g/mol. The van der Waals surface area contributed by atoms with E-state index < -0.39 is 5.97 Å². The van der Waals surface area contributed by atoms with Gasteiger partial charge in [-0.15, -0.1) is 0 Å². The van der Waals surface area contributed by atoms with Crippen molar-refractivity contribution in [3.8, 4) is 0 Å². The van der Waals surface area contributed by atoms with Gasteiger partial charge in [0.05, 0.1) is 24.0 Å². The topological polar surface area (TPSA) is 49.8 Å². The number of nitrogens with zero attached hydrogens (tertiary/aromatic N) is 1. The lowest BCUT2D eigenvalue weighted by atomic mass is 10.1. The van der Waals surface area contributed by atoms with Crippen LogP contribution < -0.4 is 4.90 Å². The fourth-order valence-electron chi connectivity index (χ4n) is 1.98. The number of hydrogen-bond acceptors (Lipinski definition) is 3. The average Bonchev–Trinajstić information content (AvgIpc) is 2.28. The maximum absolute atomic E-state index is 11.2. The Bertz CT molecular complexity index is 436. The summed E-state index contributed by atoms with van der Waals surface area (Å²) in [6.45, 7) is 4.06. The molecule has 92 valence electrons. The second-order valence-corrected chi connectivity index (χ2v) is 5.01. The van der Waals surface area contributed by atoms with Gasteiger partial charge in [-0.2, -0.15) is 0 Å². The number of morpholine rings is 1. The molecule has 0 bridgehead atoms. The molecule has 2 rings (SSSR count). The van der Waals surface area contributed by atoms with Gasteiger partial charge in [-0.05, 0) is 25.1 Å². The molecule has 1 aliphatic heterocycles. The monoisotopic (exact) mass is 299 g/mol. The van der Waals surface area contributed by atoms with E-state index in [9.17, 15) is 9.90 Å². The summed E-state index contributed by atoms with van der Waals surface area (Å²) in [7, 11) is 0. The average molecular weight is 300 g/mol. The van der Waals surface area contributed by atoms with Crippen LogP contribution in [0.2, 0.25) is 0 Å². The Morgan fingerprint density at radius 2 is 2.35 bits per heavy atom. The molecule has 0 radical (unpaired) electrons. The number of rotatable bonds is 2. The fourth-order valence-corrected chi connectivity index (χ4v) is 2.33. The number of anilines is 1. The van der Waals surface area contributed by atoms with E-state index in [0.717, 1.165) is 23.2 Å². The zero-order valence-corrected chi connectivity index (χ0v) is 11.1. The second kappa shape index (κ2) is 5.06. The van der Waals surface area contributed by atoms with Crippen molar-refractivity contribution in [2.24, 2.45) is 0 Å². The van der Waals surface area contributed by atoms with Gasteiger partial charge in [-0.3, -0.25) is 0 Å². The lowest BCUT2D eigenvalue weighted by Gasteiger charge is -2.33. The maximum Gasteiger partial charge on any atom is 0.337 e. The first kappa shape index (κ1) is 12.4. The van der Waals surface area contributed by atoms with Crippen molar-refractivity contribution in [3.05, 3.63) is 28.2 Å². The van der Waals surface area contributed by atoms with Crippen molar-refractivity contribution in [3.63, 3.8) is 0 Å². The standard InChI is InChI=1S/C12H14BrNO3/c1-8-7-14(4-5-17-8)11-6-9(13)2-3-10(11)12(15)16/h2-3,6,8H,4-5,7H2,1H3,(H,15,16). The minimum absolute atomic E-state index is 0.129. The summed E-state index contributed by atoms with van der Waals surface area (Å²) in [5.41, 5.74) is 1.09. The van der Waals surface area contributed by atoms with Crippen LogP contribution in [-0.4, -0.2) is 36.9 Å². The molecule has 1 N–H and O–H groups in total. The van der Waals surface area contributed by atoms with E-state index in [-0.39, 0.29) is 6.10 Å². The third-order valence-electron chi connectivity index (χ3n) is 2.77. The van der Waals surface area contributed by atoms with Crippen molar-refractivity contribution >= 4 is 27.6 Å². The summed E-state index contributed by atoms with van der Waals surface area (Å²) in [4.78, 5) is 13.2. The SMILES string of the molecule is CC1CN(c2cc(Br)ccc2C(=O)O)CCO1. The predicted molar refractivity (Wildman–Crippen MR) is 68.7 cm³/mol. The molecule has 0 amide bonds. The van der Waals surface area contributed by atoms with Gasteiger partial charge in [0.2, 0.25) is 0 Å². The van der Waals surface area contributed by atoms with Gasteiger partial charge in [-0.1, -0.05) is 15.9 Å². The van der Waals surface area contributed by atoms with E-state index in [1.165, 1.54) is 0 Å². The third-order valence-corrected chi connectivity index (χ3v) is 3.27. The second-order valence-electron chi connectivity index (χ2n) is 4.09. The molecular formula is C12H14BrNO3. The summed E-state index contributed by atoms with van der Waals surface area (Å²) in [6.07, 6.45) is 0.129. The molecule has 0 saturated carbocycles. The molecule has 0 spiro atoms. The first-order chi connectivity index (χ1) is 8.08. The minimum Gasteiger partial charge on any atom is -0.478 e. The van der Waals surface area contributed by atoms with E-state index in [1.807, 2.05) is 13.0 Å². The molecule has 0 aliphatic carbocycles. The summed E-state index contributed by atoms with van der Waals surface area (Å²) in [5.74, 6) is -0.897. The van der Waals surface area contributed by atoms with E-state index in [0.29, 0.717) is 12.2 Å². The zero-order chi connectivity index (χ0) is 12.4. The van der Waals surface area contributed by atoms with Crippen LogP contribution in [0.4, 0.5) is 5.69 Å². The van der Waals surface area contributed by atoms with Gasteiger partial charge >= 0.3 is 5.97 Å². The summed E-state index contributed by atoms with van der Waals surface area (Å²) >= 11 is 3.38. The number of hydrogen-bond donors (Lipinski definition) is 1. The smallest absolute Gasteiger partial charge is 0.337 e. The van der Waals surface area contributed by atoms with Gasteiger partial charge in [-0.25, -0.2) is 4.79 Å². The van der Waals surface area contributed by atoms with Crippen LogP contribution in [-0.2, 0) is 4.74 Å². The Kier molecular flexibility index (Phi) is 3.69. The van der Waals surface area contributed by atoms with Crippen LogP contribution in [0.1, 0.15) is 17.3 Å². The van der Waals surface area contributed by atoms with Crippen molar-refractivity contribution < 1.29 is 14.6 Å². The lowest BCUT2D eigenvalue weighted by Crippen LogP contribution is -2.41. The molecule has 17 heavy (non-hydrogen) atoms. The van der Waals surface area contributed by atoms with Crippen molar-refractivity contribution in [2.45, 2.75) is 13.0 Å². The van der Waals surface area contributed by atoms with Crippen LogP contribution >= 0.6 is 15.9 Å². The lowest BCUT2D eigenvalue weighted by molar-refractivity contribution is 0.0527. The molecule has 1 aromatic carbocycles. The summed E-state index contributed by atoms with van der Waals surface area (Å²) in [5, 5.41) is 9.18. The molecule has 1 fully saturated rings. The molecule has 1 aliphatic rings. The molecule has 4 nitrogen and oxygen atoms in total. The predicted octanol–water partition coefficient (Wildman–Crippen LogP) is 2.37. The van der Waals surface area contributed by atoms with E-state index in [1.54, 1.807) is 12.1 Å². The third kappa shape index (κ3) is 2.79. The Morgan fingerprint density at radius 3 is 3.00 bits per heavy atom. The number of benzene rings is 1. The molecule has 5 heteroatoms. The van der Waals surface area contributed by atoms with Gasteiger partial charge in [0.1, 0.15) is 0 Å². The van der Waals surface area contributed by atoms with Crippen LogP contribution in [0.25, 0.3) is 0 Å². The van der Waals surface area contributed by atoms with Crippen molar-refractivity contribution in [1.29, 1.82) is 0 Å². The Balaban J connectivity index is 2.35. The van der Waals surface area contributed by atoms with E-state index in [4.69, 9.17) is 4.74 Å². The number of aromatic carboxylic acids is 1. The van der Waals surface area contributed by atoms with E-state index in [2.05, 4.69) is 20.8 Å². The van der Waals surface area contributed by atoms with Gasteiger partial charge in [0, 0.05) is 17.6 Å². The van der Waals surface area contributed by atoms with Gasteiger partial charge < -0.3 is 14.7 Å². The molecule has 1 atom stereocenters. The Morgan fingerprint density at radius 1 is 1.59 bits per heavy atom. The van der Waals surface area contributed by atoms with Gasteiger partial charge in [0.15, 0.2) is 0 Å². The number of carboxylic acids is 1. The van der Waals surface area contributed by atoms with Crippen molar-refractivity contribution in [1.82, 2.24) is 0 Å². The number of ether oxygens (including phenoxy) is 1. The van der Waals surface area contributed by atoms with Crippen LogP contribution in [0, 0.1) is 0 Å². The highest BCUT2D eigenvalue weighted by Gasteiger charge is 2.21. The van der Waals surface area contributed by atoms with Crippen LogP contribution in [0.3, 0.4) is 0 Å². The first-order valence-electron chi connectivity index (χ1n) is 5.47. The Labute approximate surface area is 108 Å². The molecule has 1 aromatic rings. The largest absolute Gasteiger partial charge is 0.478 e. The first-order valence-corrected chi connectivity index (χ1v) is 6.26. The number of halogens is 1. The number of carbonyl (C=O) groups is 1.